The van der Waals surface area contributed by atoms with Gasteiger partial charge in [0, 0.05) is 6.61 Å². The number of ether oxygens (including phenoxy) is 1. The van der Waals surface area contributed by atoms with Gasteiger partial charge in [-0.15, -0.1) is 0 Å². The van der Waals surface area contributed by atoms with Gasteiger partial charge in [-0.25, -0.2) is 0 Å². The molecule has 162 valence electrons. The van der Waals surface area contributed by atoms with Crippen LogP contribution in [0.2, 0.25) is 0 Å². The van der Waals surface area contributed by atoms with Crippen LogP contribution in [0.5, 0.6) is 0 Å². The molecule has 0 bridgehead atoms. The van der Waals surface area contributed by atoms with Crippen LogP contribution >= 0.6 is 7.82 Å². The van der Waals surface area contributed by atoms with Crippen molar-refractivity contribution in [3.8, 4) is 0 Å². The van der Waals surface area contributed by atoms with Crippen molar-refractivity contribution in [2.24, 2.45) is 0 Å². The average Bonchev–Trinajstić information content (AvgIpc) is 2.65. The number of ketones is 1. The van der Waals surface area contributed by atoms with E-state index in [-0.39, 0.29) is 6.61 Å². The number of carbonyl (C=O) groups is 1. The average molecular weight is 414 g/mol. The lowest BCUT2D eigenvalue weighted by atomic mass is 10.1. The van der Waals surface area contributed by atoms with Gasteiger partial charge in [0.15, 0.2) is 5.78 Å². The highest BCUT2D eigenvalue weighted by Gasteiger charge is 2.03. The Bertz CT molecular complexity index is 507. The number of phosphoric ester groups is 1. The van der Waals surface area contributed by atoms with Gasteiger partial charge >= 0.3 is 0 Å². The fraction of sp³-hybridized carbons (Fsp3) is 0.667. The summed E-state index contributed by atoms with van der Waals surface area (Å²) in [4.78, 5) is 31.7. The van der Waals surface area contributed by atoms with E-state index >= 15 is 0 Å². The number of rotatable bonds is 19. The normalized spacial score (nSPS) is 12.7. The molecule has 0 atom stereocenters. The second kappa shape index (κ2) is 19.3. The molecule has 0 spiro atoms. The monoisotopic (exact) mass is 414 g/mol. The Morgan fingerprint density at radius 3 is 2.04 bits per heavy atom. The van der Waals surface area contributed by atoms with E-state index in [1.807, 2.05) is 0 Å². The lowest BCUT2D eigenvalue weighted by molar-refractivity contribution is -0.341. The van der Waals surface area contributed by atoms with Crippen molar-refractivity contribution in [1.29, 1.82) is 0 Å². The third-order valence-corrected chi connectivity index (χ3v) is 4.28. The molecule has 0 radical (unpaired) electrons. The minimum atomic E-state index is -5.08. The molecule has 0 aliphatic carbocycles. The molecular weight excluding hydrogens is 379 g/mol. The Hall–Kier alpha value is -1.04. The molecule has 6 nitrogen and oxygen atoms in total. The number of phosphoric acid groups is 1. The Balaban J connectivity index is 3.31. The first kappa shape index (κ1) is 27.0. The minimum absolute atomic E-state index is 0.225. The second-order valence-corrected chi connectivity index (χ2v) is 7.67. The van der Waals surface area contributed by atoms with Crippen molar-refractivity contribution in [3.05, 3.63) is 36.5 Å². The van der Waals surface area contributed by atoms with Gasteiger partial charge in [-0.1, -0.05) is 69.1 Å². The summed E-state index contributed by atoms with van der Waals surface area (Å²) in [7, 11) is -5.08. The summed E-state index contributed by atoms with van der Waals surface area (Å²) < 4.78 is 19.2. The molecule has 0 aromatic rings. The van der Waals surface area contributed by atoms with Gasteiger partial charge in [-0.05, 0) is 38.5 Å². The van der Waals surface area contributed by atoms with Crippen molar-refractivity contribution >= 4 is 13.6 Å². The number of allylic oxidation sites excluding steroid dienone is 6. The van der Waals surface area contributed by atoms with Gasteiger partial charge in [0.05, 0.1) is 7.82 Å². The van der Waals surface area contributed by atoms with E-state index in [2.05, 4.69) is 47.9 Å². The first-order chi connectivity index (χ1) is 13.5. The molecule has 0 amide bonds. The van der Waals surface area contributed by atoms with Crippen molar-refractivity contribution in [2.75, 3.05) is 19.8 Å². The van der Waals surface area contributed by atoms with Crippen LogP contribution in [0.1, 0.15) is 71.1 Å². The van der Waals surface area contributed by atoms with Gasteiger partial charge < -0.3 is 23.6 Å². The molecule has 0 aromatic heterocycles. The van der Waals surface area contributed by atoms with Crippen molar-refractivity contribution in [1.82, 2.24) is 0 Å². The van der Waals surface area contributed by atoms with Gasteiger partial charge in [0.2, 0.25) is 0 Å². The van der Waals surface area contributed by atoms with E-state index < -0.39 is 20.2 Å². The van der Waals surface area contributed by atoms with E-state index in [0.717, 1.165) is 44.9 Å². The highest BCUT2D eigenvalue weighted by atomic mass is 31.2. The van der Waals surface area contributed by atoms with Crippen LogP contribution in [0, 0.1) is 0 Å². The summed E-state index contributed by atoms with van der Waals surface area (Å²) in [5.41, 5.74) is 0. The van der Waals surface area contributed by atoms with E-state index in [0.29, 0.717) is 6.61 Å². The van der Waals surface area contributed by atoms with E-state index in [9.17, 15) is 19.1 Å². The molecule has 28 heavy (non-hydrogen) atoms. The quantitative estimate of drug-likeness (QED) is 0.180. The Kier molecular flexibility index (Phi) is 18.6. The number of Topliss-reactive ketones (excluding diaryl/α,β-unsaturated/α-hetero) is 1. The summed E-state index contributed by atoms with van der Waals surface area (Å²) in [6.45, 7) is 1.61. The standard InChI is InChI=1S/C21H37O6P/c1-2-3-4-5-6-7-8-9-10-11-12-13-14-15-16-17-18-26-19-21(22)20-27-28(23,24)25/h3-4,6-7,9-10H,2,5,8,11-20H2,1H3,(H2,23,24,25)/p-2/b4-3-,7-6-,10-9-. The summed E-state index contributed by atoms with van der Waals surface area (Å²) in [6, 6.07) is 0. The maximum Gasteiger partial charge on any atom is 0.184 e. The van der Waals surface area contributed by atoms with Crippen LogP contribution in [0.3, 0.4) is 0 Å². The van der Waals surface area contributed by atoms with Gasteiger partial charge in [-0.3, -0.25) is 4.79 Å². The third-order valence-electron chi connectivity index (χ3n) is 3.84. The third kappa shape index (κ3) is 23.0. The molecule has 0 aromatic carbocycles. The zero-order chi connectivity index (χ0) is 20.9. The molecular formula is C21H35O6P-2. The maximum absolute atomic E-state index is 11.2. The Morgan fingerprint density at radius 1 is 0.821 bits per heavy atom. The van der Waals surface area contributed by atoms with Crippen molar-refractivity contribution in [2.45, 2.75) is 71.1 Å². The van der Waals surface area contributed by atoms with Crippen LogP contribution < -0.4 is 9.79 Å². The molecule has 0 unspecified atom stereocenters. The van der Waals surface area contributed by atoms with Crippen LogP contribution in [0.15, 0.2) is 36.5 Å². The molecule has 0 aliphatic heterocycles. The predicted molar refractivity (Wildman–Crippen MR) is 109 cm³/mol. The fourth-order valence-corrected chi connectivity index (χ4v) is 2.68. The smallest absolute Gasteiger partial charge is 0.184 e. The van der Waals surface area contributed by atoms with E-state index in [1.54, 1.807) is 0 Å². The molecule has 0 fully saturated rings. The molecule has 0 rings (SSSR count). The minimum Gasteiger partial charge on any atom is -0.790 e. The lowest BCUT2D eigenvalue weighted by Crippen LogP contribution is -2.22. The van der Waals surface area contributed by atoms with Gasteiger partial charge in [0.25, 0.3) is 0 Å². The van der Waals surface area contributed by atoms with Crippen LogP contribution in [-0.4, -0.2) is 25.6 Å². The number of hydrogen-bond donors (Lipinski definition) is 0. The maximum atomic E-state index is 11.2. The molecule has 0 saturated heterocycles. The molecule has 7 heteroatoms. The zero-order valence-corrected chi connectivity index (χ0v) is 17.9. The Morgan fingerprint density at radius 2 is 1.39 bits per heavy atom. The lowest BCUT2D eigenvalue weighted by Gasteiger charge is -2.27. The summed E-state index contributed by atoms with van der Waals surface area (Å²) in [6.07, 6.45) is 24.1. The summed E-state index contributed by atoms with van der Waals surface area (Å²) >= 11 is 0. The Labute approximate surface area is 169 Å². The number of carbonyl (C=O) groups excluding carboxylic acids is 1. The summed E-state index contributed by atoms with van der Waals surface area (Å²) in [5.74, 6) is -0.552. The van der Waals surface area contributed by atoms with Crippen molar-refractivity contribution in [3.63, 3.8) is 0 Å². The first-order valence-corrected chi connectivity index (χ1v) is 11.6. The van der Waals surface area contributed by atoms with Crippen LogP contribution in [-0.2, 0) is 18.6 Å². The number of unbranched alkanes of at least 4 members (excludes halogenated alkanes) is 6. The molecule has 0 aliphatic rings. The number of hydrogen-bond acceptors (Lipinski definition) is 6. The fourth-order valence-electron chi connectivity index (χ4n) is 2.38. The molecule has 0 saturated carbocycles. The van der Waals surface area contributed by atoms with E-state index in [1.165, 1.54) is 19.3 Å². The second-order valence-electron chi connectivity index (χ2n) is 6.52. The molecule has 0 heterocycles. The molecule has 0 N–H and O–H groups in total. The SMILES string of the molecule is CC/C=C\C/C=C\C/C=C\CCCCCCCCOCC(=O)COP(=O)([O-])[O-]. The largest absolute Gasteiger partial charge is 0.790 e. The van der Waals surface area contributed by atoms with E-state index in [4.69, 9.17) is 4.74 Å². The van der Waals surface area contributed by atoms with Crippen LogP contribution in [0.25, 0.3) is 0 Å². The van der Waals surface area contributed by atoms with Crippen molar-refractivity contribution < 1.29 is 28.4 Å². The van der Waals surface area contributed by atoms with Gasteiger partial charge in [0.1, 0.15) is 13.2 Å². The summed E-state index contributed by atoms with van der Waals surface area (Å²) in [5, 5.41) is 0. The highest BCUT2D eigenvalue weighted by molar-refractivity contribution is 7.43. The van der Waals surface area contributed by atoms with Crippen LogP contribution in [0.4, 0.5) is 0 Å². The van der Waals surface area contributed by atoms with Gasteiger partial charge in [-0.2, -0.15) is 0 Å². The topological polar surface area (TPSA) is 98.7 Å². The highest BCUT2D eigenvalue weighted by Crippen LogP contribution is 2.23. The first-order valence-electron chi connectivity index (χ1n) is 10.2. The zero-order valence-electron chi connectivity index (χ0n) is 17.1. The predicted octanol–water partition coefficient (Wildman–Crippen LogP) is 4.01.